The van der Waals surface area contributed by atoms with Crippen LogP contribution in [0.25, 0.3) is 0 Å². The second-order valence-corrected chi connectivity index (χ2v) is 6.71. The summed E-state index contributed by atoms with van der Waals surface area (Å²) in [7, 11) is 5.11. The van der Waals surface area contributed by atoms with Gasteiger partial charge in [-0.05, 0) is 29.8 Å². The van der Waals surface area contributed by atoms with Crippen molar-refractivity contribution in [1.29, 1.82) is 0 Å². The van der Waals surface area contributed by atoms with E-state index >= 15 is 0 Å². The van der Waals surface area contributed by atoms with Gasteiger partial charge in [0.2, 0.25) is 0 Å². The normalized spacial score (nSPS) is 15.2. The molecule has 2 aromatic carbocycles. The first-order valence-corrected chi connectivity index (χ1v) is 9.61. The van der Waals surface area contributed by atoms with Crippen molar-refractivity contribution in [3.05, 3.63) is 54.1 Å². The molecule has 1 aliphatic rings. The van der Waals surface area contributed by atoms with E-state index in [0.717, 1.165) is 54.7 Å². The molecule has 0 bridgehead atoms. The Hall–Kier alpha value is -2.89. The molecule has 0 unspecified atom stereocenters. The van der Waals surface area contributed by atoms with Gasteiger partial charge in [0.15, 0.2) is 17.5 Å². The monoisotopic (exact) mass is 383 g/mol. The van der Waals surface area contributed by atoms with Gasteiger partial charge in [0, 0.05) is 39.5 Å². The van der Waals surface area contributed by atoms with Gasteiger partial charge in [-0.15, -0.1) is 0 Å². The Morgan fingerprint density at radius 3 is 2.39 bits per heavy atom. The third-order valence-electron chi connectivity index (χ3n) is 4.90. The van der Waals surface area contributed by atoms with E-state index in [1.165, 1.54) is 0 Å². The quantitative estimate of drug-likeness (QED) is 0.613. The number of aliphatic imine (C=N–C) groups is 1. The Morgan fingerprint density at radius 1 is 1.04 bits per heavy atom. The molecule has 0 aromatic heterocycles. The van der Waals surface area contributed by atoms with E-state index in [0.29, 0.717) is 6.54 Å². The number of hydrogen-bond donors (Lipinski definition) is 1. The summed E-state index contributed by atoms with van der Waals surface area (Å²) in [6, 6.07) is 16.0. The SMILES string of the molecule is CN=C(NCc1ccc(OC)c(OC)c1)N1CCC(Oc2ccccc2)CC1. The highest BCUT2D eigenvalue weighted by atomic mass is 16.5. The van der Waals surface area contributed by atoms with E-state index in [1.807, 2.05) is 55.6 Å². The van der Waals surface area contributed by atoms with Crippen molar-refractivity contribution in [2.24, 2.45) is 4.99 Å². The van der Waals surface area contributed by atoms with E-state index in [-0.39, 0.29) is 6.10 Å². The van der Waals surface area contributed by atoms with Crippen LogP contribution in [0.4, 0.5) is 0 Å². The van der Waals surface area contributed by atoms with Crippen LogP contribution in [-0.2, 0) is 6.54 Å². The van der Waals surface area contributed by atoms with E-state index < -0.39 is 0 Å². The molecule has 28 heavy (non-hydrogen) atoms. The largest absolute Gasteiger partial charge is 0.493 e. The van der Waals surface area contributed by atoms with Crippen molar-refractivity contribution < 1.29 is 14.2 Å². The Kier molecular flexibility index (Phi) is 7.00. The maximum Gasteiger partial charge on any atom is 0.193 e. The summed E-state index contributed by atoms with van der Waals surface area (Å²) in [5.41, 5.74) is 1.11. The van der Waals surface area contributed by atoms with E-state index in [1.54, 1.807) is 14.2 Å². The van der Waals surface area contributed by atoms with Gasteiger partial charge < -0.3 is 24.4 Å². The first-order chi connectivity index (χ1) is 13.7. The number of benzene rings is 2. The first kappa shape index (κ1) is 19.9. The van der Waals surface area contributed by atoms with Gasteiger partial charge in [-0.3, -0.25) is 4.99 Å². The highest BCUT2D eigenvalue weighted by Gasteiger charge is 2.22. The van der Waals surface area contributed by atoms with Gasteiger partial charge in [-0.1, -0.05) is 24.3 Å². The van der Waals surface area contributed by atoms with Crippen LogP contribution in [0.15, 0.2) is 53.5 Å². The fourth-order valence-corrected chi connectivity index (χ4v) is 3.38. The van der Waals surface area contributed by atoms with Gasteiger partial charge in [0.05, 0.1) is 14.2 Å². The minimum atomic E-state index is 0.252. The van der Waals surface area contributed by atoms with Crippen LogP contribution in [0, 0.1) is 0 Å². The molecule has 1 saturated heterocycles. The van der Waals surface area contributed by atoms with E-state index in [4.69, 9.17) is 14.2 Å². The Bertz CT molecular complexity index is 772. The van der Waals surface area contributed by atoms with Gasteiger partial charge in [0.25, 0.3) is 0 Å². The van der Waals surface area contributed by atoms with Gasteiger partial charge in [0.1, 0.15) is 11.9 Å². The molecule has 0 aliphatic carbocycles. The summed E-state index contributed by atoms with van der Waals surface area (Å²) >= 11 is 0. The number of methoxy groups -OCH3 is 2. The molecule has 150 valence electrons. The molecule has 0 saturated carbocycles. The molecule has 1 aliphatic heterocycles. The summed E-state index contributed by atoms with van der Waals surface area (Å²) in [5.74, 6) is 3.32. The van der Waals surface area contributed by atoms with Crippen molar-refractivity contribution in [2.45, 2.75) is 25.5 Å². The van der Waals surface area contributed by atoms with Crippen LogP contribution < -0.4 is 19.5 Å². The molecule has 3 rings (SSSR count). The Morgan fingerprint density at radius 2 is 1.75 bits per heavy atom. The second-order valence-electron chi connectivity index (χ2n) is 6.71. The van der Waals surface area contributed by atoms with Crippen LogP contribution >= 0.6 is 0 Å². The number of ether oxygens (including phenoxy) is 3. The minimum absolute atomic E-state index is 0.252. The van der Waals surface area contributed by atoms with Crippen molar-refractivity contribution in [1.82, 2.24) is 10.2 Å². The third kappa shape index (κ3) is 5.09. The van der Waals surface area contributed by atoms with Crippen molar-refractivity contribution in [3.8, 4) is 17.2 Å². The molecule has 0 amide bonds. The zero-order valence-electron chi connectivity index (χ0n) is 16.9. The highest BCUT2D eigenvalue weighted by Crippen LogP contribution is 2.27. The van der Waals surface area contributed by atoms with Crippen LogP contribution in [0.5, 0.6) is 17.2 Å². The van der Waals surface area contributed by atoms with Gasteiger partial charge in [-0.25, -0.2) is 0 Å². The predicted octanol–water partition coefficient (Wildman–Crippen LogP) is 3.32. The van der Waals surface area contributed by atoms with Crippen LogP contribution in [0.2, 0.25) is 0 Å². The maximum atomic E-state index is 6.08. The zero-order valence-corrected chi connectivity index (χ0v) is 16.9. The third-order valence-corrected chi connectivity index (χ3v) is 4.90. The van der Waals surface area contributed by atoms with E-state index in [9.17, 15) is 0 Å². The van der Waals surface area contributed by atoms with Crippen molar-refractivity contribution >= 4 is 5.96 Å². The molecular weight excluding hydrogens is 354 g/mol. The highest BCUT2D eigenvalue weighted by molar-refractivity contribution is 5.80. The lowest BCUT2D eigenvalue weighted by Crippen LogP contribution is -2.47. The Labute approximate surface area is 167 Å². The smallest absolute Gasteiger partial charge is 0.193 e. The fourth-order valence-electron chi connectivity index (χ4n) is 3.38. The summed E-state index contributed by atoms with van der Waals surface area (Å²) < 4.78 is 16.8. The number of rotatable bonds is 6. The topological polar surface area (TPSA) is 55.3 Å². The molecule has 2 aromatic rings. The molecule has 0 spiro atoms. The number of nitrogens with zero attached hydrogens (tertiary/aromatic N) is 2. The number of para-hydroxylation sites is 1. The van der Waals surface area contributed by atoms with Crippen LogP contribution in [0.1, 0.15) is 18.4 Å². The number of nitrogens with one attached hydrogen (secondary N) is 1. The molecule has 1 heterocycles. The molecule has 0 radical (unpaired) electrons. The van der Waals surface area contributed by atoms with Crippen molar-refractivity contribution in [2.75, 3.05) is 34.4 Å². The molecule has 6 heteroatoms. The maximum absolute atomic E-state index is 6.08. The van der Waals surface area contributed by atoms with Crippen LogP contribution in [0.3, 0.4) is 0 Å². The number of hydrogen-bond acceptors (Lipinski definition) is 4. The summed E-state index contributed by atoms with van der Waals surface area (Å²) in [4.78, 5) is 6.73. The zero-order chi connectivity index (χ0) is 19.8. The predicted molar refractivity (Wildman–Crippen MR) is 111 cm³/mol. The number of piperidine rings is 1. The summed E-state index contributed by atoms with van der Waals surface area (Å²) in [5, 5.41) is 3.45. The number of guanidine groups is 1. The molecule has 1 N–H and O–H groups in total. The number of likely N-dealkylation sites (tertiary alicyclic amines) is 1. The second kappa shape index (κ2) is 9.88. The summed E-state index contributed by atoms with van der Waals surface area (Å²) in [6.45, 7) is 2.51. The first-order valence-electron chi connectivity index (χ1n) is 9.61. The molecule has 6 nitrogen and oxygen atoms in total. The average Bonchev–Trinajstić information content (AvgIpc) is 2.75. The Balaban J connectivity index is 1.51. The standard InChI is InChI=1S/C22H29N3O3/c1-23-22(24-16-17-9-10-20(26-2)21(15-17)27-3)25-13-11-19(12-14-25)28-18-7-5-4-6-8-18/h4-10,15,19H,11-14,16H2,1-3H3,(H,23,24). The average molecular weight is 383 g/mol. The van der Waals surface area contributed by atoms with Gasteiger partial charge in [-0.2, -0.15) is 0 Å². The minimum Gasteiger partial charge on any atom is -0.493 e. The van der Waals surface area contributed by atoms with E-state index in [2.05, 4.69) is 15.2 Å². The molecule has 0 atom stereocenters. The van der Waals surface area contributed by atoms with Gasteiger partial charge >= 0.3 is 0 Å². The lowest BCUT2D eigenvalue weighted by Gasteiger charge is -2.34. The lowest BCUT2D eigenvalue weighted by atomic mass is 10.1. The van der Waals surface area contributed by atoms with Crippen LogP contribution in [-0.4, -0.2) is 51.3 Å². The molecule has 1 fully saturated rings. The summed E-state index contributed by atoms with van der Waals surface area (Å²) in [6.07, 6.45) is 2.21. The molecular formula is C22H29N3O3. The fraction of sp³-hybridized carbons (Fsp3) is 0.409. The lowest BCUT2D eigenvalue weighted by molar-refractivity contribution is 0.129. The van der Waals surface area contributed by atoms with Crippen molar-refractivity contribution in [3.63, 3.8) is 0 Å².